The summed E-state index contributed by atoms with van der Waals surface area (Å²) in [5.74, 6) is 1.34. The van der Waals surface area contributed by atoms with Crippen molar-refractivity contribution < 1.29 is 14.6 Å². The van der Waals surface area contributed by atoms with Crippen LogP contribution in [-0.2, 0) is 4.74 Å². The van der Waals surface area contributed by atoms with Gasteiger partial charge in [-0.1, -0.05) is 26.7 Å². The average molecular weight is 266 g/mol. The first-order valence-electron chi connectivity index (χ1n) is 4.58. The minimum Gasteiger partial charge on any atom is -0.449 e. The van der Waals surface area contributed by atoms with E-state index in [1.165, 1.54) is 21.6 Å². The second-order valence-electron chi connectivity index (χ2n) is 2.38. The Morgan fingerprint density at radius 2 is 2.25 bits per heavy atom. The monoisotopic (exact) mass is 266 g/mol. The zero-order valence-corrected chi connectivity index (χ0v) is 10.3. The molecule has 7 nitrogen and oxygen atoms in total. The van der Waals surface area contributed by atoms with Crippen LogP contribution in [0.1, 0.15) is 0 Å². The quantitative estimate of drug-likeness (QED) is 0.215. The number of ether oxygens (including phenoxy) is 1. The maximum atomic E-state index is 11.0. The van der Waals surface area contributed by atoms with E-state index in [4.69, 9.17) is 15.4 Å². The zero-order chi connectivity index (χ0) is 12.1. The van der Waals surface area contributed by atoms with E-state index in [1.807, 2.05) is 0 Å². The van der Waals surface area contributed by atoms with Gasteiger partial charge in [0.2, 0.25) is 0 Å². The number of aliphatic hydroxyl groups is 1. The fourth-order valence-corrected chi connectivity index (χ4v) is 2.22. The predicted octanol–water partition coefficient (Wildman–Crippen LogP) is 1.40. The van der Waals surface area contributed by atoms with E-state index in [2.05, 4.69) is 15.3 Å². The van der Waals surface area contributed by atoms with Gasteiger partial charge in [0.15, 0.2) is 0 Å². The highest BCUT2D eigenvalue weighted by Crippen LogP contribution is 2.19. The lowest BCUT2D eigenvalue weighted by molar-refractivity contribution is 0.153. The fourth-order valence-electron chi connectivity index (χ4n) is 0.627. The molecule has 9 heteroatoms. The first kappa shape index (κ1) is 15.2. The van der Waals surface area contributed by atoms with Gasteiger partial charge in [-0.3, -0.25) is 0 Å². The van der Waals surface area contributed by atoms with Gasteiger partial charge in [-0.15, -0.1) is 0 Å². The molecule has 92 valence electrons. The van der Waals surface area contributed by atoms with Gasteiger partial charge >= 0.3 is 6.09 Å². The first-order valence-corrected chi connectivity index (χ1v) is 7.06. The third-order valence-electron chi connectivity index (χ3n) is 1.20. The summed E-state index contributed by atoms with van der Waals surface area (Å²) in [6, 6.07) is 0. The van der Waals surface area contributed by atoms with Crippen molar-refractivity contribution in [1.29, 1.82) is 0 Å². The number of nitrogens with zero attached hydrogens (tertiary/aromatic N) is 3. The minimum atomic E-state index is -0.513. The fraction of sp³-hybridized carbons (Fsp3) is 0.857. The third-order valence-corrected chi connectivity index (χ3v) is 3.55. The highest BCUT2D eigenvalue weighted by atomic mass is 33.1. The molecule has 16 heavy (non-hydrogen) atoms. The number of alkyl carbamates (subject to hydrolysis) is 1. The SMILES string of the molecule is [N-]=[N+]=NCCNC(=O)OCCSSCCO. The molecule has 0 saturated heterocycles. The van der Waals surface area contributed by atoms with Gasteiger partial charge in [-0.25, -0.2) is 4.79 Å². The van der Waals surface area contributed by atoms with E-state index >= 15 is 0 Å². The zero-order valence-electron chi connectivity index (χ0n) is 8.66. The van der Waals surface area contributed by atoms with Crippen LogP contribution in [0.5, 0.6) is 0 Å². The second-order valence-corrected chi connectivity index (χ2v) is 5.09. The highest BCUT2D eigenvalue weighted by molar-refractivity contribution is 8.76. The van der Waals surface area contributed by atoms with E-state index in [9.17, 15) is 4.79 Å². The van der Waals surface area contributed by atoms with Crippen LogP contribution in [-0.4, -0.2) is 49.0 Å². The maximum absolute atomic E-state index is 11.0. The summed E-state index contributed by atoms with van der Waals surface area (Å²) in [7, 11) is 3.07. The number of hydrogen-bond acceptors (Lipinski definition) is 6. The second kappa shape index (κ2) is 12.3. The van der Waals surface area contributed by atoms with Crippen LogP contribution in [0, 0.1) is 0 Å². The van der Waals surface area contributed by atoms with Crippen molar-refractivity contribution in [3.8, 4) is 0 Å². The molecule has 0 atom stereocenters. The average Bonchev–Trinajstić information content (AvgIpc) is 2.29. The van der Waals surface area contributed by atoms with Gasteiger partial charge < -0.3 is 15.2 Å². The summed E-state index contributed by atoms with van der Waals surface area (Å²) in [6.07, 6.45) is -0.513. The summed E-state index contributed by atoms with van der Waals surface area (Å²) >= 11 is 0. The molecule has 0 aliphatic carbocycles. The van der Waals surface area contributed by atoms with Crippen molar-refractivity contribution in [1.82, 2.24) is 5.32 Å². The van der Waals surface area contributed by atoms with Crippen molar-refractivity contribution >= 4 is 27.7 Å². The number of azide groups is 1. The van der Waals surface area contributed by atoms with Crippen molar-refractivity contribution in [3.63, 3.8) is 0 Å². The standard InChI is InChI=1S/C7H14N4O3S2/c8-11-10-2-1-9-7(13)14-4-6-16-15-5-3-12/h12H,1-6H2,(H,9,13). The molecule has 0 unspecified atom stereocenters. The number of rotatable bonds is 9. The number of carbonyl (C=O) groups excluding carboxylic acids is 1. The largest absolute Gasteiger partial charge is 0.449 e. The van der Waals surface area contributed by atoms with Crippen molar-refractivity contribution in [2.75, 3.05) is 37.8 Å². The van der Waals surface area contributed by atoms with Crippen LogP contribution in [0.2, 0.25) is 0 Å². The molecule has 0 bridgehead atoms. The van der Waals surface area contributed by atoms with Crippen molar-refractivity contribution in [2.24, 2.45) is 5.11 Å². The first-order chi connectivity index (χ1) is 7.81. The molecule has 0 aromatic carbocycles. The number of amides is 1. The summed E-state index contributed by atoms with van der Waals surface area (Å²) in [4.78, 5) is 13.5. The van der Waals surface area contributed by atoms with E-state index in [1.54, 1.807) is 0 Å². The molecular weight excluding hydrogens is 252 g/mol. The Morgan fingerprint density at radius 3 is 2.94 bits per heavy atom. The van der Waals surface area contributed by atoms with Crippen LogP contribution >= 0.6 is 21.6 Å². The lowest BCUT2D eigenvalue weighted by Gasteiger charge is -2.04. The van der Waals surface area contributed by atoms with Gasteiger partial charge in [0, 0.05) is 29.5 Å². The van der Waals surface area contributed by atoms with Gasteiger partial charge in [-0.2, -0.15) is 0 Å². The topological polar surface area (TPSA) is 107 Å². The molecular formula is C7H14N4O3S2. The Hall–Kier alpha value is -0.760. The summed E-state index contributed by atoms with van der Waals surface area (Å²) < 4.78 is 4.82. The van der Waals surface area contributed by atoms with Crippen LogP contribution in [0.3, 0.4) is 0 Å². The summed E-state index contributed by atoms with van der Waals surface area (Å²) in [5.41, 5.74) is 7.97. The molecule has 0 rings (SSSR count). The Labute approximate surface area is 101 Å². The smallest absolute Gasteiger partial charge is 0.407 e. The molecule has 0 fully saturated rings. The number of aliphatic hydroxyl groups excluding tert-OH is 1. The predicted molar refractivity (Wildman–Crippen MR) is 65.4 cm³/mol. The van der Waals surface area contributed by atoms with E-state index in [0.29, 0.717) is 18.1 Å². The van der Waals surface area contributed by atoms with Gasteiger partial charge in [0.1, 0.15) is 6.61 Å². The van der Waals surface area contributed by atoms with Crippen LogP contribution in [0.15, 0.2) is 5.11 Å². The van der Waals surface area contributed by atoms with Gasteiger partial charge in [0.05, 0.1) is 6.61 Å². The molecule has 0 aromatic heterocycles. The molecule has 1 amide bonds. The van der Waals surface area contributed by atoms with Gasteiger partial charge in [0.25, 0.3) is 0 Å². The molecule has 2 N–H and O–H groups in total. The van der Waals surface area contributed by atoms with E-state index in [-0.39, 0.29) is 19.7 Å². The number of nitrogens with one attached hydrogen (secondary N) is 1. The van der Waals surface area contributed by atoms with Crippen LogP contribution < -0.4 is 5.32 Å². The third kappa shape index (κ3) is 11.3. The van der Waals surface area contributed by atoms with Gasteiger partial charge in [-0.05, 0) is 5.53 Å². The molecule has 0 spiro atoms. The molecule has 0 aromatic rings. The maximum Gasteiger partial charge on any atom is 0.407 e. The molecule has 0 aliphatic rings. The number of carbonyl (C=O) groups is 1. The number of hydrogen-bond donors (Lipinski definition) is 2. The minimum absolute atomic E-state index is 0.151. The van der Waals surface area contributed by atoms with E-state index in [0.717, 1.165) is 0 Å². The Bertz CT molecular complexity index is 236. The Kier molecular flexibility index (Phi) is 11.7. The summed E-state index contributed by atoms with van der Waals surface area (Å²) in [6.45, 7) is 0.955. The Balaban J connectivity index is 3.20. The molecule has 0 saturated carbocycles. The molecule has 0 radical (unpaired) electrons. The lowest BCUT2D eigenvalue weighted by atomic mass is 10.6. The summed E-state index contributed by atoms with van der Waals surface area (Å²) in [5, 5.41) is 14.2. The van der Waals surface area contributed by atoms with Crippen LogP contribution in [0.25, 0.3) is 10.4 Å². The Morgan fingerprint density at radius 1 is 1.50 bits per heavy atom. The van der Waals surface area contributed by atoms with Crippen molar-refractivity contribution in [3.05, 3.63) is 10.4 Å². The van der Waals surface area contributed by atoms with E-state index < -0.39 is 6.09 Å². The van der Waals surface area contributed by atoms with Crippen molar-refractivity contribution in [2.45, 2.75) is 0 Å². The molecule has 0 aliphatic heterocycles. The normalized spacial score (nSPS) is 9.31. The molecule has 0 heterocycles. The highest BCUT2D eigenvalue weighted by Gasteiger charge is 1.99. The lowest BCUT2D eigenvalue weighted by Crippen LogP contribution is -2.27. The van der Waals surface area contributed by atoms with Crippen LogP contribution in [0.4, 0.5) is 4.79 Å².